The van der Waals surface area contributed by atoms with Crippen molar-refractivity contribution in [1.82, 2.24) is 14.9 Å². The van der Waals surface area contributed by atoms with Crippen molar-refractivity contribution in [1.29, 1.82) is 0 Å². The van der Waals surface area contributed by atoms with Crippen molar-refractivity contribution in [2.75, 3.05) is 26.0 Å². The largest absolute Gasteiger partial charge is 0.366 e. The molecule has 0 radical (unpaired) electrons. The van der Waals surface area contributed by atoms with Gasteiger partial charge in [0.05, 0.1) is 0 Å². The lowest BCUT2D eigenvalue weighted by atomic mass is 10.4. The third kappa shape index (κ3) is 1.53. The van der Waals surface area contributed by atoms with E-state index in [1.54, 1.807) is 7.05 Å². The van der Waals surface area contributed by atoms with Crippen molar-refractivity contribution in [3.05, 3.63) is 5.69 Å². The fourth-order valence-corrected chi connectivity index (χ4v) is 1.32. The molecule has 12 heavy (non-hydrogen) atoms. The molecule has 5 nitrogen and oxygen atoms in total. The molecule has 0 aliphatic carbocycles. The molecule has 0 fully saturated rings. The molecule has 6 heteroatoms. The van der Waals surface area contributed by atoms with E-state index in [-0.39, 0.29) is 5.91 Å². The molecule has 66 valence electrons. The summed E-state index contributed by atoms with van der Waals surface area (Å²) in [6.45, 7) is 0. The lowest BCUT2D eigenvalue weighted by Crippen LogP contribution is -2.21. The number of aromatic nitrogens is 2. The smallest absolute Gasteiger partial charge is 0.274 e. The van der Waals surface area contributed by atoms with E-state index < -0.39 is 0 Å². The summed E-state index contributed by atoms with van der Waals surface area (Å²) < 4.78 is 3.70. The number of anilines is 1. The number of hydrogen-bond acceptors (Lipinski definition) is 5. The molecule has 0 aliphatic rings. The van der Waals surface area contributed by atoms with Crippen LogP contribution in [0.1, 0.15) is 10.5 Å². The van der Waals surface area contributed by atoms with Crippen molar-refractivity contribution >= 4 is 22.4 Å². The predicted molar refractivity (Wildman–Crippen MR) is 47.6 cm³/mol. The number of carbonyl (C=O) groups excluding carboxylic acids is 1. The summed E-state index contributed by atoms with van der Waals surface area (Å²) in [5, 5.41) is 7.00. The van der Waals surface area contributed by atoms with E-state index in [0.717, 1.165) is 5.00 Å². The zero-order valence-electron chi connectivity index (χ0n) is 7.16. The fraction of sp³-hybridized carbons (Fsp3) is 0.500. The number of carbonyl (C=O) groups is 1. The van der Waals surface area contributed by atoms with Crippen LogP contribution in [0.25, 0.3) is 0 Å². The summed E-state index contributed by atoms with van der Waals surface area (Å²) >= 11 is 1.21. The van der Waals surface area contributed by atoms with Crippen LogP contribution in [0.2, 0.25) is 0 Å². The van der Waals surface area contributed by atoms with Gasteiger partial charge in [-0.25, -0.2) is 0 Å². The molecular weight excluding hydrogens is 176 g/mol. The molecule has 0 unspecified atom stereocenters. The zero-order valence-corrected chi connectivity index (χ0v) is 7.97. The van der Waals surface area contributed by atoms with Gasteiger partial charge in [0.1, 0.15) is 5.00 Å². The molecule has 1 heterocycles. The molecule has 1 N–H and O–H groups in total. The molecule has 0 saturated carbocycles. The van der Waals surface area contributed by atoms with Gasteiger partial charge in [-0.05, 0) is 0 Å². The minimum Gasteiger partial charge on any atom is -0.366 e. The molecule has 1 aromatic rings. The highest BCUT2D eigenvalue weighted by Gasteiger charge is 2.15. The van der Waals surface area contributed by atoms with Crippen LogP contribution in [0.3, 0.4) is 0 Å². The van der Waals surface area contributed by atoms with E-state index in [9.17, 15) is 4.79 Å². The van der Waals surface area contributed by atoms with Crippen LogP contribution in [0.15, 0.2) is 0 Å². The Balaban J connectivity index is 2.99. The lowest BCUT2D eigenvalue weighted by molar-refractivity contribution is 0.0958. The predicted octanol–water partition coefficient (Wildman–Crippen LogP) is -0.0363. The summed E-state index contributed by atoms with van der Waals surface area (Å²) in [4.78, 5) is 13.0. The highest BCUT2D eigenvalue weighted by molar-refractivity contribution is 7.10. The van der Waals surface area contributed by atoms with Crippen LogP contribution in [-0.4, -0.2) is 36.6 Å². The second-order valence-corrected chi connectivity index (χ2v) is 3.13. The van der Waals surface area contributed by atoms with Crippen LogP contribution in [0.4, 0.5) is 5.00 Å². The van der Waals surface area contributed by atoms with Crippen molar-refractivity contribution in [3.8, 4) is 0 Å². The third-order valence-electron chi connectivity index (χ3n) is 1.32. The lowest BCUT2D eigenvalue weighted by Gasteiger charge is -2.08. The molecule has 0 atom stereocenters. The maximum absolute atomic E-state index is 11.2. The van der Waals surface area contributed by atoms with Gasteiger partial charge < -0.3 is 10.2 Å². The van der Waals surface area contributed by atoms with E-state index in [1.165, 1.54) is 11.5 Å². The molecule has 0 aromatic carbocycles. The maximum Gasteiger partial charge on any atom is 0.274 e. The Morgan fingerprint density at radius 2 is 2.25 bits per heavy atom. The van der Waals surface area contributed by atoms with Crippen molar-refractivity contribution in [3.63, 3.8) is 0 Å². The molecule has 1 aromatic heterocycles. The quantitative estimate of drug-likeness (QED) is 0.704. The normalized spacial score (nSPS) is 9.58. The first kappa shape index (κ1) is 8.92. The molecule has 0 saturated heterocycles. The van der Waals surface area contributed by atoms with Crippen LogP contribution >= 0.6 is 11.5 Å². The van der Waals surface area contributed by atoms with E-state index in [4.69, 9.17) is 0 Å². The summed E-state index contributed by atoms with van der Waals surface area (Å²) in [5.41, 5.74) is 0.382. The van der Waals surface area contributed by atoms with Gasteiger partial charge in [-0.2, -0.15) is 0 Å². The highest BCUT2D eigenvalue weighted by Crippen LogP contribution is 2.19. The van der Waals surface area contributed by atoms with E-state index in [0.29, 0.717) is 5.69 Å². The van der Waals surface area contributed by atoms with Crippen LogP contribution in [-0.2, 0) is 0 Å². The monoisotopic (exact) mass is 186 g/mol. The molecule has 1 rings (SSSR count). The highest BCUT2D eigenvalue weighted by atomic mass is 32.1. The Morgan fingerprint density at radius 1 is 1.58 bits per heavy atom. The van der Waals surface area contributed by atoms with E-state index in [1.807, 2.05) is 19.0 Å². The maximum atomic E-state index is 11.2. The average Bonchev–Trinajstić information content (AvgIpc) is 2.50. The first-order chi connectivity index (χ1) is 5.66. The molecule has 0 aliphatic heterocycles. The Labute approximate surface area is 74.6 Å². The second kappa shape index (κ2) is 3.48. The van der Waals surface area contributed by atoms with Gasteiger partial charge >= 0.3 is 0 Å². The van der Waals surface area contributed by atoms with Gasteiger partial charge in [0.2, 0.25) is 0 Å². The molecule has 1 amide bonds. The summed E-state index contributed by atoms with van der Waals surface area (Å²) in [5.74, 6) is -0.201. The van der Waals surface area contributed by atoms with Crippen molar-refractivity contribution in [2.24, 2.45) is 0 Å². The number of amides is 1. The summed E-state index contributed by atoms with van der Waals surface area (Å²) in [6.07, 6.45) is 0. The minimum absolute atomic E-state index is 0.201. The number of rotatable bonds is 2. The standard InChI is InChI=1S/C6H10N4OS/c1-7-5(11)4-6(10(2)3)12-9-8-4/h1-3H3,(H,7,11). The van der Waals surface area contributed by atoms with Gasteiger partial charge in [0, 0.05) is 32.7 Å². The summed E-state index contributed by atoms with van der Waals surface area (Å²) in [7, 11) is 5.27. The minimum atomic E-state index is -0.201. The molecular formula is C6H10N4OS. The van der Waals surface area contributed by atoms with Gasteiger partial charge in [-0.15, -0.1) is 5.10 Å². The summed E-state index contributed by atoms with van der Waals surface area (Å²) in [6, 6.07) is 0. The van der Waals surface area contributed by atoms with E-state index >= 15 is 0 Å². The number of nitrogens with one attached hydrogen (secondary N) is 1. The number of hydrogen-bond donors (Lipinski definition) is 1. The van der Waals surface area contributed by atoms with E-state index in [2.05, 4.69) is 14.9 Å². The van der Waals surface area contributed by atoms with Crippen molar-refractivity contribution < 1.29 is 4.79 Å². The fourth-order valence-electron chi connectivity index (χ4n) is 0.740. The Kier molecular flexibility index (Phi) is 2.59. The van der Waals surface area contributed by atoms with Crippen LogP contribution in [0, 0.1) is 0 Å². The topological polar surface area (TPSA) is 58.1 Å². The molecule has 0 spiro atoms. The van der Waals surface area contributed by atoms with Gasteiger partial charge in [0.25, 0.3) is 5.91 Å². The Morgan fingerprint density at radius 3 is 2.75 bits per heavy atom. The van der Waals surface area contributed by atoms with Crippen molar-refractivity contribution in [2.45, 2.75) is 0 Å². The average molecular weight is 186 g/mol. The second-order valence-electron chi connectivity index (χ2n) is 2.40. The van der Waals surface area contributed by atoms with Gasteiger partial charge in [0.15, 0.2) is 5.69 Å². The third-order valence-corrected chi connectivity index (χ3v) is 2.21. The van der Waals surface area contributed by atoms with Gasteiger partial charge in [-0.1, -0.05) is 4.49 Å². The SMILES string of the molecule is CNC(=O)c1nnsc1N(C)C. The van der Waals surface area contributed by atoms with Crippen LogP contribution in [0.5, 0.6) is 0 Å². The first-order valence-electron chi connectivity index (χ1n) is 3.38. The molecule has 0 bridgehead atoms. The first-order valence-corrected chi connectivity index (χ1v) is 4.16. The number of nitrogens with zero attached hydrogens (tertiary/aromatic N) is 3. The zero-order chi connectivity index (χ0) is 9.14. The Bertz CT molecular complexity index is 283. The van der Waals surface area contributed by atoms with Crippen LogP contribution < -0.4 is 10.2 Å². The van der Waals surface area contributed by atoms with Gasteiger partial charge in [-0.3, -0.25) is 4.79 Å². The Hall–Kier alpha value is -1.17.